The maximum atomic E-state index is 8.60. The Hall–Kier alpha value is -3.83. The minimum absolute atomic E-state index is 0. The van der Waals surface area contributed by atoms with Crippen LogP contribution in [0.4, 0.5) is 0 Å². The molecule has 48 heavy (non-hydrogen) atoms. The SMILES string of the molecule is Cc1cc(-c2[c-]cccc2)nc[c]1[Ge]([CH3])([CH3])[CH3].[2H]C([2H])(c1ccnc(-c2[c-]c3oc4cccc(-c5ccccc5)c4c3cc2)c1)C(C)(C)C.[Ir]. The third-order valence-corrected chi connectivity index (χ3v) is 12.4. The number of aromatic nitrogens is 2. The van der Waals surface area contributed by atoms with Crippen LogP contribution in [0.1, 0.15) is 34.6 Å². The van der Waals surface area contributed by atoms with E-state index in [2.05, 4.69) is 82.8 Å². The molecule has 3 nitrogen and oxygen atoms in total. The second-order valence-electron chi connectivity index (χ2n) is 14.0. The van der Waals surface area contributed by atoms with Gasteiger partial charge in [-0.1, -0.05) is 86.3 Å². The molecule has 0 aliphatic heterocycles. The van der Waals surface area contributed by atoms with Crippen LogP contribution in [0, 0.1) is 24.5 Å². The van der Waals surface area contributed by atoms with E-state index in [1.54, 1.807) is 12.3 Å². The molecule has 0 aliphatic rings. The van der Waals surface area contributed by atoms with E-state index in [4.69, 9.17) is 7.16 Å². The van der Waals surface area contributed by atoms with E-state index in [1.165, 1.54) is 9.96 Å². The first kappa shape index (κ1) is 32.7. The second-order valence-corrected chi connectivity index (χ2v) is 24.5. The fourth-order valence-corrected chi connectivity index (χ4v) is 9.47. The number of rotatable bonds is 5. The number of fused-ring (bicyclic) bond motifs is 3. The zero-order valence-electron chi connectivity index (χ0n) is 30.6. The molecule has 0 N–H and O–H groups in total. The van der Waals surface area contributed by atoms with Crippen LogP contribution in [-0.4, -0.2) is 23.2 Å². The van der Waals surface area contributed by atoms with E-state index in [0.717, 1.165) is 44.3 Å². The Kier molecular flexibility index (Phi) is 10.0. The van der Waals surface area contributed by atoms with Crippen molar-refractivity contribution in [3.8, 4) is 33.6 Å². The number of benzene rings is 4. The maximum Gasteiger partial charge on any atom is 0.124 e. The van der Waals surface area contributed by atoms with Gasteiger partial charge in [0.05, 0.1) is 5.58 Å². The van der Waals surface area contributed by atoms with Crippen molar-refractivity contribution in [1.29, 1.82) is 0 Å². The molecule has 7 rings (SSSR count). The molecule has 0 saturated heterocycles. The van der Waals surface area contributed by atoms with Gasteiger partial charge in [-0.2, -0.15) is 0 Å². The van der Waals surface area contributed by atoms with Gasteiger partial charge in [0.15, 0.2) is 0 Å². The van der Waals surface area contributed by atoms with Gasteiger partial charge in [-0.3, -0.25) is 0 Å². The van der Waals surface area contributed by atoms with E-state index >= 15 is 0 Å². The van der Waals surface area contributed by atoms with Gasteiger partial charge in [-0.25, -0.2) is 0 Å². The van der Waals surface area contributed by atoms with Crippen molar-refractivity contribution in [1.82, 2.24) is 9.97 Å². The molecule has 0 aliphatic carbocycles. The molecule has 0 saturated carbocycles. The number of aryl methyl sites for hydroxylation is 1. The maximum absolute atomic E-state index is 8.60. The van der Waals surface area contributed by atoms with E-state index in [9.17, 15) is 0 Å². The van der Waals surface area contributed by atoms with Crippen molar-refractivity contribution >= 4 is 39.6 Å². The number of furan rings is 1. The van der Waals surface area contributed by atoms with Crippen LogP contribution in [0.5, 0.6) is 0 Å². The summed E-state index contributed by atoms with van der Waals surface area (Å²) >= 11 is -1.77. The first-order valence-corrected chi connectivity index (χ1v) is 23.4. The monoisotopic (exact) mass is 871 g/mol. The van der Waals surface area contributed by atoms with E-state index in [-0.39, 0.29) is 20.1 Å². The molecule has 4 aromatic carbocycles. The summed E-state index contributed by atoms with van der Waals surface area (Å²) in [4.78, 5) is 9.08. The van der Waals surface area contributed by atoms with Crippen LogP contribution in [0.2, 0.25) is 17.3 Å². The molecule has 0 fully saturated rings. The molecule has 5 heteroatoms. The molecule has 0 bridgehead atoms. The third kappa shape index (κ3) is 8.23. The van der Waals surface area contributed by atoms with Gasteiger partial charge in [-0.15, -0.1) is 17.7 Å². The standard InChI is InChI=1S/C28H24NO.C15H18GeN.Ir/c1-28(2,3)18-19-14-15-29-24(16-19)21-12-13-23-26(17-21)30-25-11-7-10-22(27(23)25)20-8-5-4-6-9-20;1-12-10-15(13-8-6-5-7-9-13)17-11-14(12)16(2,3)4;/h4-16H,18H2,1-3H3;5-8,10-11H,1-4H3;/q2*-1;/i18D2;;. The number of pyridine rings is 2. The van der Waals surface area contributed by atoms with Gasteiger partial charge in [0.1, 0.15) is 5.58 Å². The molecule has 3 heterocycles. The van der Waals surface area contributed by atoms with Crippen LogP contribution in [0.3, 0.4) is 0 Å². The summed E-state index contributed by atoms with van der Waals surface area (Å²) in [5, 5.41) is 2.08. The Balaban J connectivity index is 0.000000229. The number of nitrogens with zero attached hydrogens (tertiary/aromatic N) is 2. The predicted octanol–water partition coefficient (Wildman–Crippen LogP) is 11.1. The smallest absolute Gasteiger partial charge is 0.124 e. The van der Waals surface area contributed by atoms with Gasteiger partial charge in [-0.05, 0) is 46.1 Å². The summed E-state index contributed by atoms with van der Waals surface area (Å²) in [5.74, 6) is 7.20. The van der Waals surface area contributed by atoms with Crippen molar-refractivity contribution in [3.63, 3.8) is 0 Å². The average Bonchev–Trinajstić information content (AvgIpc) is 3.46. The molecule has 245 valence electrons. The predicted molar refractivity (Wildman–Crippen MR) is 201 cm³/mol. The van der Waals surface area contributed by atoms with Crippen LogP contribution >= 0.6 is 0 Å². The first-order valence-electron chi connectivity index (χ1n) is 17.1. The average molecular weight is 870 g/mol. The molecule has 0 amide bonds. The minimum atomic E-state index is -1.77. The zero-order valence-corrected chi connectivity index (χ0v) is 33.1. The van der Waals surface area contributed by atoms with Crippen molar-refractivity contribution in [2.24, 2.45) is 5.41 Å². The summed E-state index contributed by atoms with van der Waals surface area (Å²) in [7, 11) is 0. The summed E-state index contributed by atoms with van der Waals surface area (Å²) in [6.07, 6.45) is 2.25. The van der Waals surface area contributed by atoms with Gasteiger partial charge in [0, 0.05) is 29.0 Å². The molecule has 1 radical (unpaired) electrons. The largest absolute Gasteiger partial charge is 0.477 e. The van der Waals surface area contributed by atoms with Gasteiger partial charge >= 0.3 is 106 Å². The van der Waals surface area contributed by atoms with Crippen LogP contribution in [0.15, 0.2) is 120 Å². The Labute approximate surface area is 304 Å². The summed E-state index contributed by atoms with van der Waals surface area (Å²) in [6.45, 7) is 7.91. The molecule has 0 spiro atoms. The fraction of sp³-hybridized carbons (Fsp3) is 0.209. The number of hydrogen-bond donors (Lipinski definition) is 0. The first-order chi connectivity index (χ1) is 23.2. The van der Waals surface area contributed by atoms with Gasteiger partial charge in [0.2, 0.25) is 0 Å². The molecule has 3 aromatic heterocycles. The van der Waals surface area contributed by atoms with Crippen molar-refractivity contribution < 1.29 is 27.3 Å². The van der Waals surface area contributed by atoms with Crippen molar-refractivity contribution in [2.75, 3.05) is 0 Å². The molecular weight excluding hydrogens is 825 g/mol. The van der Waals surface area contributed by atoms with Gasteiger partial charge in [0.25, 0.3) is 0 Å². The summed E-state index contributed by atoms with van der Waals surface area (Å²) in [5.41, 5.74) is 8.77. The quantitative estimate of drug-likeness (QED) is 0.128. The van der Waals surface area contributed by atoms with Crippen LogP contribution in [0.25, 0.3) is 55.6 Å². The Morgan fingerprint density at radius 3 is 2.25 bits per heavy atom. The second kappa shape index (κ2) is 14.7. The third-order valence-electron chi connectivity index (χ3n) is 7.96. The molecular formula is C43H42GeIrN2O-2. The number of hydrogen-bond acceptors (Lipinski definition) is 3. The normalized spacial score (nSPS) is 12.5. The van der Waals surface area contributed by atoms with E-state index < -0.39 is 25.1 Å². The summed E-state index contributed by atoms with van der Waals surface area (Å²) in [6, 6.07) is 40.8. The van der Waals surface area contributed by atoms with E-state index in [1.807, 2.05) is 87.5 Å². The minimum Gasteiger partial charge on any atom is -0.477 e. The Morgan fingerprint density at radius 1 is 0.812 bits per heavy atom. The van der Waals surface area contributed by atoms with Gasteiger partial charge < -0.3 is 9.40 Å². The molecule has 0 atom stereocenters. The van der Waals surface area contributed by atoms with Crippen LogP contribution in [-0.2, 0) is 26.5 Å². The topological polar surface area (TPSA) is 38.9 Å². The van der Waals surface area contributed by atoms with Crippen molar-refractivity contribution in [3.05, 3.63) is 139 Å². The molecule has 0 unspecified atom stereocenters. The molecule has 7 aromatic rings. The fourth-order valence-electron chi connectivity index (χ4n) is 5.89. The zero-order chi connectivity index (χ0) is 35.0. The Morgan fingerprint density at radius 2 is 1.56 bits per heavy atom. The van der Waals surface area contributed by atoms with Crippen LogP contribution < -0.4 is 4.40 Å². The van der Waals surface area contributed by atoms with Crippen molar-refractivity contribution in [2.45, 2.75) is 51.3 Å². The Bertz CT molecular complexity index is 2240. The van der Waals surface area contributed by atoms with E-state index in [0.29, 0.717) is 16.8 Å². The summed E-state index contributed by atoms with van der Waals surface area (Å²) < 4.78 is 24.9.